The Morgan fingerprint density at radius 1 is 1.11 bits per heavy atom. The summed E-state index contributed by atoms with van der Waals surface area (Å²) in [4.78, 5) is 0. The fraction of sp³-hybridized carbons (Fsp3) is 0.200. The van der Waals surface area contributed by atoms with Crippen molar-refractivity contribution in [1.29, 1.82) is 0 Å². The van der Waals surface area contributed by atoms with E-state index in [0.29, 0.717) is 10.0 Å². The van der Waals surface area contributed by atoms with E-state index in [1.54, 1.807) is 0 Å². The fourth-order valence-electron chi connectivity index (χ4n) is 1.82. The van der Waals surface area contributed by atoms with E-state index >= 15 is 0 Å². The molecule has 1 N–H and O–H groups in total. The van der Waals surface area contributed by atoms with Gasteiger partial charge in [-0.3, -0.25) is 0 Å². The van der Waals surface area contributed by atoms with Crippen molar-refractivity contribution in [2.75, 3.05) is 0 Å². The number of rotatable bonds is 4. The van der Waals surface area contributed by atoms with Gasteiger partial charge in [0.15, 0.2) is 0 Å². The summed E-state index contributed by atoms with van der Waals surface area (Å²) in [6.45, 7) is 2.92. The third kappa shape index (κ3) is 4.22. The van der Waals surface area contributed by atoms with Crippen LogP contribution in [0.2, 0.25) is 10.0 Å². The number of nitrogens with one attached hydrogen (secondary N) is 1. The lowest BCUT2D eigenvalue weighted by molar-refractivity contribution is 0.574. The molecule has 1 atom stereocenters. The second kappa shape index (κ2) is 6.76. The molecule has 0 heterocycles. The van der Waals surface area contributed by atoms with Crippen LogP contribution in [-0.4, -0.2) is 0 Å². The molecule has 4 heteroatoms. The van der Waals surface area contributed by atoms with Crippen LogP contribution in [0, 0.1) is 0 Å². The highest BCUT2D eigenvalue weighted by Gasteiger charge is 2.07. The first kappa shape index (κ1) is 14.9. The van der Waals surface area contributed by atoms with Gasteiger partial charge in [0, 0.05) is 17.1 Å². The van der Waals surface area contributed by atoms with Gasteiger partial charge in [-0.1, -0.05) is 57.3 Å². The molecule has 0 fully saturated rings. The van der Waals surface area contributed by atoms with Crippen LogP contribution in [0.1, 0.15) is 24.1 Å². The van der Waals surface area contributed by atoms with Gasteiger partial charge in [-0.05, 0) is 42.3 Å². The lowest BCUT2D eigenvalue weighted by Gasteiger charge is -2.15. The molecule has 2 aromatic carbocycles. The maximum atomic E-state index is 6.03. The second-order valence-corrected chi connectivity index (χ2v) is 6.14. The minimum atomic E-state index is 0.216. The van der Waals surface area contributed by atoms with Crippen LogP contribution in [0.4, 0.5) is 0 Å². The maximum Gasteiger partial charge on any atom is 0.0595 e. The molecule has 2 aromatic rings. The van der Waals surface area contributed by atoms with Crippen LogP contribution in [0.15, 0.2) is 46.9 Å². The highest BCUT2D eigenvalue weighted by Crippen LogP contribution is 2.25. The Bertz CT molecular complexity index is 572. The normalized spacial score (nSPS) is 12.4. The van der Waals surface area contributed by atoms with Crippen LogP contribution in [-0.2, 0) is 6.54 Å². The molecule has 0 bridgehead atoms. The van der Waals surface area contributed by atoms with Crippen molar-refractivity contribution in [2.45, 2.75) is 19.5 Å². The molecule has 0 spiro atoms. The highest BCUT2D eigenvalue weighted by atomic mass is 79.9. The van der Waals surface area contributed by atoms with Gasteiger partial charge >= 0.3 is 0 Å². The first-order valence-electron chi connectivity index (χ1n) is 5.99. The molecule has 1 unspecified atom stereocenters. The molecule has 19 heavy (non-hydrogen) atoms. The monoisotopic (exact) mass is 357 g/mol. The fourth-order valence-corrected chi connectivity index (χ4v) is 2.57. The van der Waals surface area contributed by atoms with Crippen LogP contribution >= 0.6 is 39.1 Å². The molecular weight excluding hydrogens is 345 g/mol. The zero-order valence-corrected chi connectivity index (χ0v) is 13.6. The zero-order valence-electron chi connectivity index (χ0n) is 10.5. The molecule has 0 radical (unpaired) electrons. The van der Waals surface area contributed by atoms with Crippen molar-refractivity contribution >= 4 is 39.1 Å². The summed E-state index contributed by atoms with van der Waals surface area (Å²) in [5.41, 5.74) is 2.37. The quantitative estimate of drug-likeness (QED) is 0.749. The van der Waals surface area contributed by atoms with Gasteiger partial charge in [-0.2, -0.15) is 0 Å². The molecule has 0 aliphatic heterocycles. The molecule has 2 rings (SSSR count). The Balaban J connectivity index is 2.01. The lowest BCUT2D eigenvalue weighted by atomic mass is 10.1. The Labute approximate surface area is 132 Å². The van der Waals surface area contributed by atoms with Crippen molar-refractivity contribution in [3.63, 3.8) is 0 Å². The number of hydrogen-bond donors (Lipinski definition) is 1. The third-order valence-electron chi connectivity index (χ3n) is 2.95. The maximum absolute atomic E-state index is 6.03. The van der Waals surface area contributed by atoms with E-state index in [0.717, 1.165) is 16.6 Å². The predicted molar refractivity (Wildman–Crippen MR) is 85.9 cm³/mol. The molecule has 100 valence electrons. The van der Waals surface area contributed by atoms with E-state index < -0.39 is 0 Å². The zero-order chi connectivity index (χ0) is 13.8. The minimum absolute atomic E-state index is 0.216. The largest absolute Gasteiger partial charge is 0.306 e. The van der Waals surface area contributed by atoms with Gasteiger partial charge in [-0.25, -0.2) is 0 Å². The Morgan fingerprint density at radius 2 is 1.89 bits per heavy atom. The highest BCUT2D eigenvalue weighted by molar-refractivity contribution is 9.10. The van der Waals surface area contributed by atoms with Crippen molar-refractivity contribution in [1.82, 2.24) is 5.32 Å². The summed E-state index contributed by atoms with van der Waals surface area (Å²) in [6, 6.07) is 14.2. The second-order valence-electron chi connectivity index (χ2n) is 4.41. The van der Waals surface area contributed by atoms with Gasteiger partial charge in [0.05, 0.1) is 10.0 Å². The van der Waals surface area contributed by atoms with Crippen LogP contribution in [0.25, 0.3) is 0 Å². The molecule has 0 saturated carbocycles. The van der Waals surface area contributed by atoms with E-state index in [9.17, 15) is 0 Å². The molecule has 0 saturated heterocycles. The lowest BCUT2D eigenvalue weighted by Crippen LogP contribution is -2.18. The average Bonchev–Trinajstić information content (AvgIpc) is 2.39. The minimum Gasteiger partial charge on any atom is -0.306 e. The summed E-state index contributed by atoms with van der Waals surface area (Å²) in [6.07, 6.45) is 0. The summed E-state index contributed by atoms with van der Waals surface area (Å²) in [5, 5.41) is 4.65. The van der Waals surface area contributed by atoms with E-state index in [1.165, 1.54) is 5.56 Å². The topological polar surface area (TPSA) is 12.0 Å². The molecule has 0 amide bonds. The van der Waals surface area contributed by atoms with Gasteiger partial charge in [-0.15, -0.1) is 0 Å². The average molecular weight is 359 g/mol. The molecule has 0 aliphatic carbocycles. The summed E-state index contributed by atoms with van der Waals surface area (Å²) in [7, 11) is 0. The van der Waals surface area contributed by atoms with Gasteiger partial charge < -0.3 is 5.32 Å². The summed E-state index contributed by atoms with van der Waals surface area (Å²) in [5.74, 6) is 0. The van der Waals surface area contributed by atoms with Crippen molar-refractivity contribution in [2.24, 2.45) is 0 Å². The van der Waals surface area contributed by atoms with Gasteiger partial charge in [0.1, 0.15) is 0 Å². The van der Waals surface area contributed by atoms with Crippen LogP contribution < -0.4 is 5.32 Å². The van der Waals surface area contributed by atoms with Crippen LogP contribution in [0.5, 0.6) is 0 Å². The number of benzene rings is 2. The molecular formula is C15H14BrCl2N. The molecule has 1 nitrogen and oxygen atoms in total. The molecule has 0 aliphatic rings. The SMILES string of the molecule is CC(NCc1cccc(Br)c1)c1ccc(Cl)c(Cl)c1. The van der Waals surface area contributed by atoms with Gasteiger partial charge in [0.25, 0.3) is 0 Å². The number of hydrogen-bond acceptors (Lipinski definition) is 1. The van der Waals surface area contributed by atoms with Crippen LogP contribution in [0.3, 0.4) is 0 Å². The van der Waals surface area contributed by atoms with Crippen molar-refractivity contribution in [3.8, 4) is 0 Å². The first-order valence-corrected chi connectivity index (χ1v) is 7.54. The van der Waals surface area contributed by atoms with Crippen molar-refractivity contribution < 1.29 is 0 Å². The van der Waals surface area contributed by atoms with E-state index in [-0.39, 0.29) is 6.04 Å². The smallest absolute Gasteiger partial charge is 0.0595 e. The predicted octanol–water partition coefficient (Wildman–Crippen LogP) is 5.61. The summed E-state index contributed by atoms with van der Waals surface area (Å²) >= 11 is 15.4. The van der Waals surface area contributed by atoms with E-state index in [1.807, 2.05) is 30.3 Å². The molecule has 0 aromatic heterocycles. The Kier molecular flexibility index (Phi) is 5.28. The summed E-state index contributed by atoms with van der Waals surface area (Å²) < 4.78 is 1.09. The Hall–Kier alpha value is -0.540. The third-order valence-corrected chi connectivity index (χ3v) is 4.18. The van der Waals surface area contributed by atoms with E-state index in [2.05, 4.69) is 40.3 Å². The Morgan fingerprint density at radius 3 is 2.58 bits per heavy atom. The number of halogens is 3. The standard InChI is InChI=1S/C15H14BrCl2N/c1-10(12-5-6-14(17)15(18)8-12)19-9-11-3-2-4-13(16)7-11/h2-8,10,19H,9H2,1H3. The van der Waals surface area contributed by atoms with Crippen molar-refractivity contribution in [3.05, 3.63) is 68.1 Å². The van der Waals surface area contributed by atoms with Gasteiger partial charge in [0.2, 0.25) is 0 Å². The first-order chi connectivity index (χ1) is 9.06. The van der Waals surface area contributed by atoms with E-state index in [4.69, 9.17) is 23.2 Å².